The van der Waals surface area contributed by atoms with Crippen molar-refractivity contribution in [3.05, 3.63) is 63.4 Å². The average Bonchev–Trinajstić information content (AvgIpc) is 3.13. The van der Waals surface area contributed by atoms with Crippen LogP contribution in [0.15, 0.2) is 52.2 Å². The smallest absolute Gasteiger partial charge is 0.330 e. The lowest BCUT2D eigenvalue weighted by molar-refractivity contribution is -0.149. The van der Waals surface area contributed by atoms with E-state index in [1.54, 1.807) is 51.1 Å². The number of carbonyl (C=O) groups excluding carboxylic acids is 1. The van der Waals surface area contributed by atoms with Crippen LogP contribution in [0.2, 0.25) is 0 Å². The zero-order valence-corrected chi connectivity index (χ0v) is 21.7. The molecule has 0 saturated carbocycles. The number of nitrogens with one attached hydrogen (secondary N) is 2. The molecule has 2 unspecified atom stereocenters. The molecule has 0 spiro atoms. The van der Waals surface area contributed by atoms with Crippen molar-refractivity contribution >= 4 is 24.4 Å². The summed E-state index contributed by atoms with van der Waals surface area (Å²) in [7, 11) is 0. The molecule has 3 rings (SSSR count). The third-order valence-electron chi connectivity index (χ3n) is 5.29. The summed E-state index contributed by atoms with van der Waals surface area (Å²) in [5.41, 5.74) is -1.38. The first-order chi connectivity index (χ1) is 17.0. The summed E-state index contributed by atoms with van der Waals surface area (Å²) in [6.07, 6.45) is -2.49. The van der Waals surface area contributed by atoms with Gasteiger partial charge in [-0.1, -0.05) is 18.2 Å². The van der Waals surface area contributed by atoms with Crippen molar-refractivity contribution in [2.45, 2.75) is 51.4 Å². The SMILES string of the molecule is CC(C)OC(=O)[C@H](C)NP(=S)(OC[C@H]1OC(n2ccc(=O)[nH]c2=O)[C@H](O)[C@@H]1CO)Oc1ccccc1. The van der Waals surface area contributed by atoms with Crippen LogP contribution in [0.5, 0.6) is 5.75 Å². The van der Waals surface area contributed by atoms with Gasteiger partial charge < -0.3 is 28.7 Å². The maximum absolute atomic E-state index is 12.4. The second-order valence-electron chi connectivity index (χ2n) is 8.45. The Morgan fingerprint density at radius 1 is 1.25 bits per heavy atom. The Morgan fingerprint density at radius 3 is 2.56 bits per heavy atom. The highest BCUT2D eigenvalue weighted by Gasteiger charge is 2.45. The number of hydrogen-bond acceptors (Lipinski definition) is 10. The molecule has 1 fully saturated rings. The van der Waals surface area contributed by atoms with E-state index in [2.05, 4.69) is 10.1 Å². The van der Waals surface area contributed by atoms with Crippen LogP contribution in [0.25, 0.3) is 0 Å². The van der Waals surface area contributed by atoms with Crippen molar-refractivity contribution in [1.82, 2.24) is 14.6 Å². The van der Waals surface area contributed by atoms with Gasteiger partial charge in [-0.25, -0.2) is 9.88 Å². The molecule has 0 amide bonds. The fourth-order valence-electron chi connectivity index (χ4n) is 3.54. The average molecular weight is 544 g/mol. The van der Waals surface area contributed by atoms with Gasteiger partial charge in [0.1, 0.15) is 17.9 Å². The highest BCUT2D eigenvalue weighted by atomic mass is 32.5. The fraction of sp³-hybridized carbons (Fsp3) is 0.500. The van der Waals surface area contributed by atoms with Gasteiger partial charge in [0.15, 0.2) is 6.23 Å². The highest BCUT2D eigenvalue weighted by Crippen LogP contribution is 2.46. The van der Waals surface area contributed by atoms with Crippen molar-refractivity contribution in [3.8, 4) is 5.75 Å². The number of rotatable bonds is 11. The Hall–Kier alpha value is -2.38. The lowest BCUT2D eigenvalue weighted by Crippen LogP contribution is -2.37. The predicted octanol–water partition coefficient (Wildman–Crippen LogP) is 0.653. The quantitative estimate of drug-likeness (QED) is 0.233. The third kappa shape index (κ3) is 7.10. The Kier molecular flexibility index (Phi) is 9.59. The van der Waals surface area contributed by atoms with Gasteiger partial charge in [-0.05, 0) is 44.7 Å². The van der Waals surface area contributed by atoms with E-state index in [9.17, 15) is 24.6 Å². The highest BCUT2D eigenvalue weighted by molar-refractivity contribution is 8.09. The van der Waals surface area contributed by atoms with Crippen LogP contribution in [0, 0.1) is 5.92 Å². The van der Waals surface area contributed by atoms with Gasteiger partial charge in [-0.3, -0.25) is 19.1 Å². The monoisotopic (exact) mass is 543 g/mol. The van der Waals surface area contributed by atoms with Gasteiger partial charge in [0.2, 0.25) is 0 Å². The predicted molar refractivity (Wildman–Crippen MR) is 133 cm³/mol. The maximum Gasteiger partial charge on any atom is 0.330 e. The summed E-state index contributed by atoms with van der Waals surface area (Å²) in [6.45, 7) is 0.907. The van der Waals surface area contributed by atoms with E-state index in [4.69, 9.17) is 30.3 Å². The maximum atomic E-state index is 12.4. The van der Waals surface area contributed by atoms with Crippen LogP contribution in [-0.2, 0) is 30.6 Å². The molecule has 1 aliphatic heterocycles. The summed E-state index contributed by atoms with van der Waals surface area (Å²) in [4.78, 5) is 38.0. The van der Waals surface area contributed by atoms with Gasteiger partial charge in [-0.2, -0.15) is 0 Å². The second kappa shape index (κ2) is 12.2. The summed E-state index contributed by atoms with van der Waals surface area (Å²) in [6, 6.07) is 8.89. The van der Waals surface area contributed by atoms with E-state index in [1.165, 1.54) is 6.20 Å². The first-order valence-electron chi connectivity index (χ1n) is 11.3. The number of aromatic amines is 1. The molecule has 1 aliphatic rings. The minimum Gasteiger partial charge on any atom is -0.462 e. The van der Waals surface area contributed by atoms with Gasteiger partial charge >= 0.3 is 18.3 Å². The fourth-order valence-corrected chi connectivity index (χ4v) is 5.96. The van der Waals surface area contributed by atoms with Gasteiger partial charge in [0.25, 0.3) is 5.56 Å². The Labute approximate surface area is 212 Å². The molecule has 4 N–H and O–H groups in total. The largest absolute Gasteiger partial charge is 0.462 e. The molecule has 2 heterocycles. The molecule has 2 aromatic rings. The second-order valence-corrected chi connectivity index (χ2v) is 11.6. The molecule has 1 aromatic carbocycles. The normalized spacial score (nSPS) is 24.3. The number of ether oxygens (including phenoxy) is 2. The number of aliphatic hydroxyl groups excluding tert-OH is 2. The summed E-state index contributed by atoms with van der Waals surface area (Å²) in [5, 5.41) is 23.5. The van der Waals surface area contributed by atoms with Crippen molar-refractivity contribution in [2.24, 2.45) is 5.92 Å². The van der Waals surface area contributed by atoms with Crippen LogP contribution < -0.4 is 20.9 Å². The lowest BCUT2D eigenvalue weighted by Gasteiger charge is -2.28. The first kappa shape index (κ1) is 28.2. The number of esters is 1. The lowest BCUT2D eigenvalue weighted by atomic mass is 9.99. The van der Waals surface area contributed by atoms with E-state index in [0.29, 0.717) is 5.75 Å². The zero-order valence-electron chi connectivity index (χ0n) is 20.0. The van der Waals surface area contributed by atoms with Crippen molar-refractivity contribution < 1.29 is 33.5 Å². The van der Waals surface area contributed by atoms with E-state index in [-0.39, 0.29) is 12.7 Å². The molecule has 1 saturated heterocycles. The number of aliphatic hydroxyl groups is 2. The molecular weight excluding hydrogens is 513 g/mol. The van der Waals surface area contributed by atoms with Gasteiger partial charge in [-0.15, -0.1) is 0 Å². The molecular formula is C22H30N3O9PS. The molecule has 0 aliphatic carbocycles. The molecule has 1 aromatic heterocycles. The topological polar surface area (TPSA) is 161 Å². The van der Waals surface area contributed by atoms with Crippen molar-refractivity contribution in [1.29, 1.82) is 0 Å². The van der Waals surface area contributed by atoms with Crippen molar-refractivity contribution in [3.63, 3.8) is 0 Å². The number of para-hydroxylation sites is 1. The van der Waals surface area contributed by atoms with E-state index < -0.39 is 60.9 Å². The molecule has 0 bridgehead atoms. The van der Waals surface area contributed by atoms with Crippen LogP contribution in [0.1, 0.15) is 27.0 Å². The number of hydrogen-bond donors (Lipinski definition) is 4. The molecule has 36 heavy (non-hydrogen) atoms. The van der Waals surface area contributed by atoms with Crippen LogP contribution in [0.4, 0.5) is 0 Å². The Balaban J connectivity index is 1.79. The summed E-state index contributed by atoms with van der Waals surface area (Å²) in [5.74, 6) is -0.975. The van der Waals surface area contributed by atoms with Crippen LogP contribution in [-0.4, -0.2) is 63.3 Å². The first-order valence-corrected chi connectivity index (χ1v) is 13.9. The molecule has 14 heteroatoms. The van der Waals surface area contributed by atoms with Crippen LogP contribution in [0.3, 0.4) is 0 Å². The van der Waals surface area contributed by atoms with E-state index in [1.807, 2.05) is 0 Å². The summed E-state index contributed by atoms with van der Waals surface area (Å²) >= 11 is 5.66. The summed E-state index contributed by atoms with van der Waals surface area (Å²) < 4.78 is 24.0. The van der Waals surface area contributed by atoms with E-state index >= 15 is 0 Å². The van der Waals surface area contributed by atoms with Gasteiger partial charge in [0, 0.05) is 18.2 Å². The molecule has 198 valence electrons. The minimum atomic E-state index is -3.39. The standard InChI is InChI=1S/C22H30N3O9PS/c1-13(2)32-21(29)14(3)24-35(36,34-15-7-5-4-6-8-15)31-12-17-16(11-26)19(28)20(33-17)25-10-9-18(27)23-22(25)30/h4-10,13-14,16-17,19-20,26,28H,11-12H2,1-3H3,(H,24,36)(H,23,27,30)/t14-,16+,17+,19+,20?,35?/m0/s1. The van der Waals surface area contributed by atoms with Gasteiger partial charge in [0.05, 0.1) is 25.4 Å². The molecule has 12 nitrogen and oxygen atoms in total. The van der Waals surface area contributed by atoms with Crippen molar-refractivity contribution in [2.75, 3.05) is 13.2 Å². The molecule has 0 radical (unpaired) electrons. The number of H-pyrrole nitrogens is 1. The number of carbonyl (C=O) groups is 1. The zero-order chi connectivity index (χ0) is 26.5. The van der Waals surface area contributed by atoms with Crippen LogP contribution >= 0.6 is 6.64 Å². The minimum absolute atomic E-state index is 0.236. The Morgan fingerprint density at radius 2 is 1.94 bits per heavy atom. The number of nitrogens with zero attached hydrogens (tertiary/aromatic N) is 1. The third-order valence-corrected chi connectivity index (χ3v) is 7.79. The molecule has 6 atom stereocenters. The number of benzene rings is 1. The number of aromatic nitrogens is 2. The van der Waals surface area contributed by atoms with E-state index in [0.717, 1.165) is 10.6 Å². The Bertz CT molecular complexity index is 1190.